The molecule has 0 bridgehead atoms. The average Bonchev–Trinajstić information content (AvgIpc) is 3.17. The van der Waals surface area contributed by atoms with E-state index in [0.29, 0.717) is 5.88 Å². The van der Waals surface area contributed by atoms with E-state index in [1.165, 1.54) is 0 Å². The van der Waals surface area contributed by atoms with Crippen LogP contribution < -0.4 is 4.74 Å². The van der Waals surface area contributed by atoms with Gasteiger partial charge in [0.15, 0.2) is 11.5 Å². The van der Waals surface area contributed by atoms with Crippen molar-refractivity contribution >= 4 is 16.7 Å². The van der Waals surface area contributed by atoms with Crippen LogP contribution in [0, 0.1) is 6.92 Å². The van der Waals surface area contributed by atoms with Crippen LogP contribution in [-0.2, 0) is 11.3 Å². The first-order valence-corrected chi connectivity index (χ1v) is 9.67. The molecule has 1 aromatic carbocycles. The molecule has 0 saturated carbocycles. The van der Waals surface area contributed by atoms with Crippen molar-refractivity contribution in [3.63, 3.8) is 0 Å². The van der Waals surface area contributed by atoms with E-state index in [1.807, 2.05) is 19.2 Å². The lowest BCUT2D eigenvalue weighted by Crippen LogP contribution is -2.36. The molecule has 8 nitrogen and oxygen atoms in total. The molecular weight excluding hydrogens is 368 g/mol. The Morgan fingerprint density at radius 2 is 1.90 bits per heavy atom. The lowest BCUT2D eigenvalue weighted by molar-refractivity contribution is 0.0329. The zero-order valence-electron chi connectivity index (χ0n) is 16.5. The molecule has 0 spiro atoms. The van der Waals surface area contributed by atoms with Crippen LogP contribution in [0.1, 0.15) is 11.4 Å². The highest BCUT2D eigenvalue weighted by Crippen LogP contribution is 2.27. The number of aryl methyl sites for hydroxylation is 1. The van der Waals surface area contributed by atoms with Gasteiger partial charge in [-0.05, 0) is 30.7 Å². The number of methoxy groups -OCH3 is 1. The molecule has 0 unspecified atom stereocenters. The quantitative estimate of drug-likeness (QED) is 0.530. The number of hydrogen-bond donors (Lipinski definition) is 0. The lowest BCUT2D eigenvalue weighted by Gasteiger charge is -2.25. The molecule has 0 atom stereocenters. The molecule has 0 N–H and O–H groups in total. The summed E-state index contributed by atoms with van der Waals surface area (Å²) in [7, 11) is 1.63. The zero-order valence-corrected chi connectivity index (χ0v) is 16.5. The second-order valence-electron chi connectivity index (χ2n) is 7.21. The van der Waals surface area contributed by atoms with Crippen LogP contribution in [0.25, 0.3) is 27.8 Å². The van der Waals surface area contributed by atoms with E-state index in [9.17, 15) is 0 Å². The van der Waals surface area contributed by atoms with Crippen LogP contribution in [0.2, 0.25) is 0 Å². The second-order valence-corrected chi connectivity index (χ2v) is 7.21. The summed E-state index contributed by atoms with van der Waals surface area (Å²) in [5, 5.41) is 8.78. The van der Waals surface area contributed by atoms with Crippen molar-refractivity contribution in [3.05, 3.63) is 48.0 Å². The number of pyridine rings is 1. The highest BCUT2D eigenvalue weighted by atomic mass is 16.5. The number of nitrogens with zero attached hydrogens (tertiary/aromatic N) is 6. The van der Waals surface area contributed by atoms with Crippen molar-refractivity contribution < 1.29 is 9.47 Å². The summed E-state index contributed by atoms with van der Waals surface area (Å²) in [6.45, 7) is 6.05. The third-order valence-corrected chi connectivity index (χ3v) is 5.32. The minimum absolute atomic E-state index is 0.644. The Labute approximate surface area is 168 Å². The predicted molar refractivity (Wildman–Crippen MR) is 109 cm³/mol. The fraction of sp³-hybridized carbons (Fsp3) is 0.333. The van der Waals surface area contributed by atoms with Crippen LogP contribution in [0.4, 0.5) is 0 Å². The summed E-state index contributed by atoms with van der Waals surface area (Å²) in [6, 6.07) is 8.31. The molecule has 5 rings (SSSR count). The summed E-state index contributed by atoms with van der Waals surface area (Å²) in [5.74, 6) is 1.56. The number of hydrogen-bond acceptors (Lipinski definition) is 7. The minimum atomic E-state index is 0.644. The third-order valence-electron chi connectivity index (χ3n) is 5.32. The monoisotopic (exact) mass is 390 g/mol. The number of morpholine rings is 1. The second kappa shape index (κ2) is 7.38. The van der Waals surface area contributed by atoms with Gasteiger partial charge in [0.05, 0.1) is 44.1 Å². The molecule has 29 heavy (non-hydrogen) atoms. The Balaban J connectivity index is 1.61. The average molecular weight is 390 g/mol. The van der Waals surface area contributed by atoms with Gasteiger partial charge in [-0.3, -0.25) is 14.3 Å². The molecule has 1 saturated heterocycles. The van der Waals surface area contributed by atoms with E-state index in [4.69, 9.17) is 9.47 Å². The Morgan fingerprint density at radius 3 is 2.69 bits per heavy atom. The first-order chi connectivity index (χ1) is 14.2. The van der Waals surface area contributed by atoms with Gasteiger partial charge < -0.3 is 9.47 Å². The third kappa shape index (κ3) is 3.30. The Kier molecular flexibility index (Phi) is 4.57. The van der Waals surface area contributed by atoms with Crippen molar-refractivity contribution in [3.8, 4) is 17.0 Å². The van der Waals surface area contributed by atoms with Crippen LogP contribution in [0.3, 0.4) is 0 Å². The SMILES string of the molecule is COc1ncc(-c2ccc3ncc4nnc(CN5CCOCC5)n4c3c2)cc1C. The Morgan fingerprint density at radius 1 is 1.03 bits per heavy atom. The summed E-state index contributed by atoms with van der Waals surface area (Å²) in [5.41, 5.74) is 5.74. The number of benzene rings is 1. The molecule has 1 fully saturated rings. The van der Waals surface area contributed by atoms with Gasteiger partial charge in [0.2, 0.25) is 5.88 Å². The summed E-state index contributed by atoms with van der Waals surface area (Å²) < 4.78 is 12.8. The maximum Gasteiger partial charge on any atom is 0.215 e. The van der Waals surface area contributed by atoms with E-state index in [2.05, 4.69) is 47.7 Å². The van der Waals surface area contributed by atoms with E-state index >= 15 is 0 Å². The van der Waals surface area contributed by atoms with Gasteiger partial charge in [-0.2, -0.15) is 0 Å². The van der Waals surface area contributed by atoms with E-state index in [1.54, 1.807) is 13.3 Å². The summed E-state index contributed by atoms with van der Waals surface area (Å²) in [6.07, 6.45) is 3.61. The molecule has 1 aliphatic rings. The molecule has 4 heterocycles. The first-order valence-electron chi connectivity index (χ1n) is 9.67. The number of rotatable bonds is 4. The van der Waals surface area contributed by atoms with Gasteiger partial charge in [-0.15, -0.1) is 10.2 Å². The maximum absolute atomic E-state index is 5.46. The normalized spacial score (nSPS) is 15.2. The predicted octanol–water partition coefficient (Wildman–Crippen LogP) is 2.49. The van der Waals surface area contributed by atoms with Crippen LogP contribution in [0.15, 0.2) is 36.7 Å². The highest BCUT2D eigenvalue weighted by molar-refractivity contribution is 5.83. The molecule has 148 valence electrons. The van der Waals surface area contributed by atoms with Crippen molar-refractivity contribution in [2.75, 3.05) is 33.4 Å². The van der Waals surface area contributed by atoms with E-state index in [0.717, 1.165) is 72.0 Å². The fourth-order valence-electron chi connectivity index (χ4n) is 3.79. The maximum atomic E-state index is 5.46. The summed E-state index contributed by atoms with van der Waals surface area (Å²) >= 11 is 0. The van der Waals surface area contributed by atoms with Gasteiger partial charge in [-0.1, -0.05) is 6.07 Å². The highest BCUT2D eigenvalue weighted by Gasteiger charge is 2.16. The largest absolute Gasteiger partial charge is 0.481 e. The van der Waals surface area contributed by atoms with Crippen molar-refractivity contribution in [1.29, 1.82) is 0 Å². The van der Waals surface area contributed by atoms with Gasteiger partial charge in [0, 0.05) is 30.4 Å². The fourth-order valence-corrected chi connectivity index (χ4v) is 3.79. The number of fused-ring (bicyclic) bond motifs is 3. The van der Waals surface area contributed by atoms with Crippen LogP contribution in [0.5, 0.6) is 5.88 Å². The van der Waals surface area contributed by atoms with Crippen molar-refractivity contribution in [2.45, 2.75) is 13.5 Å². The molecule has 1 aliphatic heterocycles. The molecule has 3 aromatic heterocycles. The molecule has 4 aromatic rings. The standard InChI is InChI=1S/C21H22N6O2/c1-14-9-16(11-23-21(14)28-2)15-3-4-17-18(10-15)27-19(12-22-17)24-25-20(27)13-26-5-7-29-8-6-26/h3-4,9-12H,5-8,13H2,1-2H3. The van der Waals surface area contributed by atoms with Gasteiger partial charge in [0.1, 0.15) is 0 Å². The van der Waals surface area contributed by atoms with Gasteiger partial charge in [-0.25, -0.2) is 4.98 Å². The Bertz CT molecular complexity index is 1180. The number of aromatic nitrogens is 5. The smallest absolute Gasteiger partial charge is 0.215 e. The molecule has 0 amide bonds. The van der Waals surface area contributed by atoms with Crippen molar-refractivity contribution in [2.24, 2.45) is 0 Å². The molecule has 0 radical (unpaired) electrons. The molecule has 0 aliphatic carbocycles. The van der Waals surface area contributed by atoms with Crippen LogP contribution >= 0.6 is 0 Å². The summed E-state index contributed by atoms with van der Waals surface area (Å²) in [4.78, 5) is 11.3. The topological polar surface area (TPSA) is 77.7 Å². The lowest BCUT2D eigenvalue weighted by atomic mass is 10.1. The zero-order chi connectivity index (χ0) is 19.8. The van der Waals surface area contributed by atoms with Crippen LogP contribution in [-0.4, -0.2) is 62.9 Å². The van der Waals surface area contributed by atoms with E-state index < -0.39 is 0 Å². The Hall–Kier alpha value is -3.10. The van der Waals surface area contributed by atoms with E-state index in [-0.39, 0.29) is 0 Å². The molecular formula is C21H22N6O2. The molecule has 8 heteroatoms. The van der Waals surface area contributed by atoms with Gasteiger partial charge in [0.25, 0.3) is 0 Å². The minimum Gasteiger partial charge on any atom is -0.481 e. The number of ether oxygens (including phenoxy) is 2. The van der Waals surface area contributed by atoms with Gasteiger partial charge >= 0.3 is 0 Å². The first kappa shape index (κ1) is 18.0. The van der Waals surface area contributed by atoms with Crippen molar-refractivity contribution in [1.82, 2.24) is 29.5 Å².